The van der Waals surface area contributed by atoms with Gasteiger partial charge in [-0.1, -0.05) is 5.16 Å². The van der Waals surface area contributed by atoms with Crippen molar-refractivity contribution >= 4 is 12.7 Å². The Balaban J connectivity index is 2.94. The molecule has 2 N–H and O–H groups in total. The Morgan fingerprint density at radius 1 is 1.67 bits per heavy atom. The normalized spacial score (nSPS) is 9.67. The van der Waals surface area contributed by atoms with Crippen molar-refractivity contribution < 1.29 is 14.6 Å². The van der Waals surface area contributed by atoms with E-state index in [1.54, 1.807) is 6.92 Å². The maximum atomic E-state index is 8.53. The van der Waals surface area contributed by atoms with Crippen LogP contribution in [-0.4, -0.2) is 22.3 Å². The van der Waals surface area contributed by atoms with Crippen molar-refractivity contribution in [2.24, 2.45) is 0 Å². The van der Waals surface area contributed by atoms with E-state index in [-0.39, 0.29) is 5.59 Å². The molecule has 1 aromatic rings. The minimum Gasteiger partial charge on any atom is -0.422 e. The van der Waals surface area contributed by atoms with Gasteiger partial charge in [0.15, 0.2) is 0 Å². The van der Waals surface area contributed by atoms with Gasteiger partial charge in [-0.25, -0.2) is 0 Å². The third-order valence-electron chi connectivity index (χ3n) is 1.03. The minimum absolute atomic E-state index is 0.176. The van der Waals surface area contributed by atoms with E-state index in [1.165, 1.54) is 6.26 Å². The maximum Gasteiger partial charge on any atom is 0.512 e. The average Bonchev–Trinajstić information content (AvgIpc) is 2.13. The van der Waals surface area contributed by atoms with Crippen LogP contribution in [0.3, 0.4) is 0 Å². The van der Waals surface area contributed by atoms with Gasteiger partial charge in [0.1, 0.15) is 11.9 Å². The number of aryl methyl sites for hydroxylation is 1. The van der Waals surface area contributed by atoms with Crippen molar-refractivity contribution in [1.29, 1.82) is 0 Å². The lowest BCUT2D eigenvalue weighted by Gasteiger charge is -1.89. The second kappa shape index (κ2) is 2.20. The van der Waals surface area contributed by atoms with Crippen LogP contribution in [0.15, 0.2) is 10.8 Å². The molecule has 0 aliphatic rings. The number of rotatable bonds is 1. The third kappa shape index (κ3) is 1.12. The highest BCUT2D eigenvalue weighted by Gasteiger charge is 2.17. The van der Waals surface area contributed by atoms with E-state index in [1.807, 2.05) is 0 Å². The molecule has 0 saturated heterocycles. The first-order valence-corrected chi connectivity index (χ1v) is 2.49. The van der Waals surface area contributed by atoms with Gasteiger partial charge in [0.2, 0.25) is 0 Å². The molecule has 1 heterocycles. The lowest BCUT2D eigenvalue weighted by molar-refractivity contribution is 0.402. The Kier molecular flexibility index (Phi) is 1.55. The summed E-state index contributed by atoms with van der Waals surface area (Å²) in [6.07, 6.45) is 1.36. The first-order chi connectivity index (χ1) is 4.22. The van der Waals surface area contributed by atoms with Gasteiger partial charge in [0.05, 0.1) is 0 Å². The second-order valence-corrected chi connectivity index (χ2v) is 1.76. The fourth-order valence-corrected chi connectivity index (χ4v) is 0.545. The fraction of sp³-hybridized carbons (Fsp3) is 0.250. The van der Waals surface area contributed by atoms with Crippen LogP contribution in [0.1, 0.15) is 5.56 Å². The van der Waals surface area contributed by atoms with E-state index < -0.39 is 7.12 Å². The molecule has 0 bridgehead atoms. The summed E-state index contributed by atoms with van der Waals surface area (Å²) in [5.41, 5.74) is 0.819. The van der Waals surface area contributed by atoms with Gasteiger partial charge in [-0.3, -0.25) is 0 Å². The highest BCUT2D eigenvalue weighted by atomic mass is 16.5. The summed E-state index contributed by atoms with van der Waals surface area (Å²) in [7, 11) is -1.52. The molecule has 0 fully saturated rings. The summed E-state index contributed by atoms with van der Waals surface area (Å²) in [5.74, 6) is 0. The smallest absolute Gasteiger partial charge is 0.422 e. The van der Waals surface area contributed by atoms with E-state index >= 15 is 0 Å². The first-order valence-electron chi connectivity index (χ1n) is 2.49. The molecule has 1 aromatic heterocycles. The summed E-state index contributed by atoms with van der Waals surface area (Å²) < 4.78 is 4.44. The van der Waals surface area contributed by atoms with E-state index in [9.17, 15) is 0 Å². The summed E-state index contributed by atoms with van der Waals surface area (Å²) in [4.78, 5) is 0. The van der Waals surface area contributed by atoms with E-state index in [2.05, 4.69) is 9.68 Å². The Morgan fingerprint density at radius 2 is 2.33 bits per heavy atom. The average molecular weight is 127 g/mol. The SMILES string of the molecule is Cc1conc1B(O)O. The maximum absolute atomic E-state index is 8.53. The molecule has 0 saturated carbocycles. The molecule has 0 spiro atoms. The van der Waals surface area contributed by atoms with Gasteiger partial charge in [-0.05, 0) is 6.92 Å². The van der Waals surface area contributed by atoms with Crippen LogP contribution in [0.25, 0.3) is 0 Å². The Bertz CT molecular complexity index is 197. The molecule has 0 atom stereocenters. The van der Waals surface area contributed by atoms with Gasteiger partial charge < -0.3 is 14.6 Å². The molecule has 0 amide bonds. The standard InChI is InChI=1S/C4H6BNO3/c1-3-2-9-6-4(3)5(7)8/h2,7-8H,1H3. The van der Waals surface area contributed by atoms with Crippen LogP contribution in [0.5, 0.6) is 0 Å². The quantitative estimate of drug-likeness (QED) is 0.458. The van der Waals surface area contributed by atoms with E-state index in [4.69, 9.17) is 10.0 Å². The first kappa shape index (κ1) is 6.32. The van der Waals surface area contributed by atoms with Crippen LogP contribution in [0.4, 0.5) is 0 Å². The Morgan fingerprint density at radius 3 is 2.56 bits per heavy atom. The number of nitrogens with zero attached hydrogens (tertiary/aromatic N) is 1. The molecular formula is C4H6BNO3. The number of hydrogen-bond acceptors (Lipinski definition) is 4. The van der Waals surface area contributed by atoms with E-state index in [0.29, 0.717) is 5.56 Å². The Hall–Kier alpha value is -0.805. The molecule has 4 nitrogen and oxygen atoms in total. The highest BCUT2D eigenvalue weighted by molar-refractivity contribution is 6.58. The fourth-order valence-electron chi connectivity index (χ4n) is 0.545. The lowest BCUT2D eigenvalue weighted by Crippen LogP contribution is -2.32. The molecule has 0 radical (unpaired) electrons. The summed E-state index contributed by atoms with van der Waals surface area (Å²) in [6.45, 7) is 1.69. The monoisotopic (exact) mass is 127 g/mol. The number of hydrogen-bond donors (Lipinski definition) is 2. The molecule has 48 valence electrons. The molecule has 5 heteroatoms. The van der Waals surface area contributed by atoms with Crippen LogP contribution in [0, 0.1) is 6.92 Å². The third-order valence-corrected chi connectivity index (χ3v) is 1.03. The number of aromatic nitrogens is 1. The molecule has 0 unspecified atom stereocenters. The molecule has 1 rings (SSSR count). The van der Waals surface area contributed by atoms with Crippen LogP contribution >= 0.6 is 0 Å². The second-order valence-electron chi connectivity index (χ2n) is 1.76. The predicted octanol–water partition coefficient (Wildman–Crippen LogP) is -1.34. The topological polar surface area (TPSA) is 66.5 Å². The molecular weight excluding hydrogens is 121 g/mol. The summed E-state index contributed by atoms with van der Waals surface area (Å²) >= 11 is 0. The van der Waals surface area contributed by atoms with Gasteiger partial charge in [0.25, 0.3) is 0 Å². The summed E-state index contributed by atoms with van der Waals surface area (Å²) in [5, 5.41) is 20.4. The van der Waals surface area contributed by atoms with Crippen molar-refractivity contribution in [3.05, 3.63) is 11.8 Å². The van der Waals surface area contributed by atoms with Crippen molar-refractivity contribution in [2.75, 3.05) is 0 Å². The van der Waals surface area contributed by atoms with Gasteiger partial charge in [-0.15, -0.1) is 0 Å². The zero-order valence-electron chi connectivity index (χ0n) is 4.90. The van der Waals surface area contributed by atoms with Crippen molar-refractivity contribution in [3.63, 3.8) is 0 Å². The van der Waals surface area contributed by atoms with E-state index in [0.717, 1.165) is 0 Å². The summed E-state index contributed by atoms with van der Waals surface area (Å²) in [6, 6.07) is 0. The van der Waals surface area contributed by atoms with Crippen molar-refractivity contribution in [2.45, 2.75) is 6.92 Å². The van der Waals surface area contributed by atoms with Gasteiger partial charge >= 0.3 is 7.12 Å². The van der Waals surface area contributed by atoms with Gasteiger partial charge in [0, 0.05) is 5.56 Å². The molecule has 0 aliphatic carbocycles. The molecule has 0 aliphatic heterocycles. The minimum atomic E-state index is -1.52. The van der Waals surface area contributed by atoms with Crippen molar-refractivity contribution in [1.82, 2.24) is 5.16 Å². The zero-order valence-corrected chi connectivity index (χ0v) is 4.90. The Labute approximate surface area is 52.2 Å². The zero-order chi connectivity index (χ0) is 6.85. The largest absolute Gasteiger partial charge is 0.512 e. The van der Waals surface area contributed by atoms with Gasteiger partial charge in [-0.2, -0.15) is 0 Å². The predicted molar refractivity (Wildman–Crippen MR) is 31.1 cm³/mol. The van der Waals surface area contributed by atoms with Crippen LogP contribution in [-0.2, 0) is 0 Å². The van der Waals surface area contributed by atoms with Crippen LogP contribution in [0.2, 0.25) is 0 Å². The van der Waals surface area contributed by atoms with Crippen LogP contribution < -0.4 is 5.59 Å². The lowest BCUT2D eigenvalue weighted by atomic mass is 9.84. The highest BCUT2D eigenvalue weighted by Crippen LogP contribution is 1.89. The molecule has 0 aromatic carbocycles. The van der Waals surface area contributed by atoms with Crippen molar-refractivity contribution in [3.8, 4) is 0 Å². The molecule has 9 heavy (non-hydrogen) atoms.